The van der Waals surface area contributed by atoms with Gasteiger partial charge in [0.05, 0.1) is 10.9 Å². The van der Waals surface area contributed by atoms with Crippen molar-refractivity contribution in [1.29, 1.82) is 0 Å². The fourth-order valence-electron chi connectivity index (χ4n) is 3.02. The van der Waals surface area contributed by atoms with Gasteiger partial charge in [0.15, 0.2) is 18.2 Å². The number of benzene rings is 1. The van der Waals surface area contributed by atoms with E-state index in [0.717, 1.165) is 12.8 Å². The third-order valence-electron chi connectivity index (χ3n) is 4.42. The van der Waals surface area contributed by atoms with Crippen LogP contribution < -0.4 is 22.5 Å². The molecular weight excluding hydrogens is 357 g/mol. The smallest absolute Gasteiger partial charge is 0.258 e. The van der Waals surface area contributed by atoms with Gasteiger partial charge in [-0.1, -0.05) is 25.4 Å². The van der Waals surface area contributed by atoms with Gasteiger partial charge in [-0.05, 0) is 42.5 Å². The zero-order valence-electron chi connectivity index (χ0n) is 14.3. The molecule has 4 nitrogen and oxygen atoms in total. The molecule has 1 N–H and O–H groups in total. The Labute approximate surface area is 158 Å². The third-order valence-corrected chi connectivity index (χ3v) is 4.66. The van der Waals surface area contributed by atoms with Gasteiger partial charge in [0, 0.05) is 17.2 Å². The van der Waals surface area contributed by atoms with Crippen LogP contribution in [0.4, 0.5) is 0 Å². The monoisotopic (exact) mass is 377 g/mol. The molecule has 0 saturated carbocycles. The maximum Gasteiger partial charge on any atom is 0.258 e. The maximum atomic E-state index is 12.2. The van der Waals surface area contributed by atoms with Crippen LogP contribution in [0.1, 0.15) is 44.0 Å². The van der Waals surface area contributed by atoms with Crippen LogP contribution in [0.25, 0.3) is 10.9 Å². The summed E-state index contributed by atoms with van der Waals surface area (Å²) >= 11 is 6.00. The van der Waals surface area contributed by atoms with Crippen LogP contribution in [0.15, 0.2) is 47.5 Å². The molecule has 25 heavy (non-hydrogen) atoms. The summed E-state index contributed by atoms with van der Waals surface area (Å²) in [7, 11) is 0. The molecule has 2 heterocycles. The van der Waals surface area contributed by atoms with Gasteiger partial charge >= 0.3 is 0 Å². The van der Waals surface area contributed by atoms with Gasteiger partial charge in [-0.3, -0.25) is 4.79 Å². The van der Waals surface area contributed by atoms with Crippen LogP contribution in [-0.4, -0.2) is 9.97 Å². The number of halogens is 2. The maximum absolute atomic E-state index is 12.2. The topological polar surface area (TPSA) is 49.6 Å². The molecule has 0 fully saturated rings. The molecule has 0 amide bonds. The van der Waals surface area contributed by atoms with E-state index in [-0.39, 0.29) is 18.0 Å². The summed E-state index contributed by atoms with van der Waals surface area (Å²) in [5, 5.41) is 1.13. The summed E-state index contributed by atoms with van der Waals surface area (Å²) in [5.41, 5.74) is 1.83. The molecule has 1 aromatic carbocycles. The Morgan fingerprint density at radius 3 is 2.48 bits per heavy atom. The van der Waals surface area contributed by atoms with Gasteiger partial charge in [-0.15, -0.1) is 0 Å². The van der Waals surface area contributed by atoms with Crippen LogP contribution in [0, 0.1) is 0 Å². The number of nitrogens with zero attached hydrogens (tertiary/aromatic N) is 2. The molecule has 3 aromatic rings. The lowest BCUT2D eigenvalue weighted by molar-refractivity contribution is -0.689. The fourth-order valence-corrected chi connectivity index (χ4v) is 3.18. The Balaban J connectivity index is 0.00000225. The molecule has 0 spiro atoms. The van der Waals surface area contributed by atoms with Crippen molar-refractivity contribution in [3.05, 3.63) is 69.5 Å². The molecular formula is C19H21Cl2N3O. The molecule has 0 saturated heterocycles. The van der Waals surface area contributed by atoms with Gasteiger partial charge < -0.3 is 17.4 Å². The minimum atomic E-state index is -0.138. The molecule has 0 unspecified atom stereocenters. The predicted molar refractivity (Wildman–Crippen MR) is 96.4 cm³/mol. The number of fused-ring (bicyclic) bond motifs is 1. The average Bonchev–Trinajstić information content (AvgIpc) is 2.57. The molecule has 0 aliphatic rings. The third kappa shape index (κ3) is 4.39. The highest BCUT2D eigenvalue weighted by Gasteiger charge is 2.11. The van der Waals surface area contributed by atoms with Crippen molar-refractivity contribution >= 4 is 22.5 Å². The zero-order valence-corrected chi connectivity index (χ0v) is 15.8. The van der Waals surface area contributed by atoms with E-state index in [0.29, 0.717) is 34.2 Å². The fraction of sp³-hybridized carbons (Fsp3) is 0.316. The van der Waals surface area contributed by atoms with Crippen LogP contribution in [0.3, 0.4) is 0 Å². The number of H-pyrrole nitrogens is 1. The second kappa shape index (κ2) is 8.45. The predicted octanol–water partition coefficient (Wildman–Crippen LogP) is 0.820. The van der Waals surface area contributed by atoms with E-state index in [2.05, 4.69) is 35.9 Å². The molecule has 0 aliphatic heterocycles. The summed E-state index contributed by atoms with van der Waals surface area (Å²) < 4.78 is 2.01. The lowest BCUT2D eigenvalue weighted by Gasteiger charge is -2.11. The van der Waals surface area contributed by atoms with Gasteiger partial charge in [0.25, 0.3) is 5.56 Å². The first-order valence-corrected chi connectivity index (χ1v) is 8.66. The molecule has 0 bridgehead atoms. The first-order valence-electron chi connectivity index (χ1n) is 8.28. The standard InChI is InChI=1S/C19H20ClN3O.ClH/c1-3-13(4-2)14-7-9-23(10-8-14)12-18-21-17-11-15(20)5-6-16(17)19(24)22-18;/h5-11,13H,3-4,12H2,1-2H3;1H. The highest BCUT2D eigenvalue weighted by molar-refractivity contribution is 6.31. The minimum Gasteiger partial charge on any atom is -1.00 e. The number of hydrogen-bond donors (Lipinski definition) is 1. The lowest BCUT2D eigenvalue weighted by atomic mass is 9.95. The normalized spacial score (nSPS) is 10.9. The molecule has 3 rings (SSSR count). The van der Waals surface area contributed by atoms with E-state index < -0.39 is 0 Å². The van der Waals surface area contributed by atoms with Gasteiger partial charge in [-0.25, -0.2) is 4.98 Å². The number of hydrogen-bond acceptors (Lipinski definition) is 2. The van der Waals surface area contributed by atoms with Crippen molar-refractivity contribution in [3.63, 3.8) is 0 Å². The number of rotatable bonds is 5. The van der Waals surface area contributed by atoms with E-state index >= 15 is 0 Å². The Kier molecular flexibility index (Phi) is 6.57. The molecule has 0 atom stereocenters. The summed E-state index contributed by atoms with van der Waals surface area (Å²) in [5.74, 6) is 1.22. The van der Waals surface area contributed by atoms with Crippen molar-refractivity contribution in [1.82, 2.24) is 9.97 Å². The number of nitrogens with one attached hydrogen (secondary N) is 1. The van der Waals surface area contributed by atoms with Crippen molar-refractivity contribution in [2.75, 3.05) is 0 Å². The lowest BCUT2D eigenvalue weighted by Crippen LogP contribution is -3.00. The Morgan fingerprint density at radius 1 is 1.16 bits per heavy atom. The van der Waals surface area contributed by atoms with E-state index in [1.165, 1.54) is 5.56 Å². The van der Waals surface area contributed by atoms with E-state index in [4.69, 9.17) is 11.6 Å². The van der Waals surface area contributed by atoms with Gasteiger partial charge in [0.2, 0.25) is 6.54 Å². The van der Waals surface area contributed by atoms with Gasteiger partial charge in [0.1, 0.15) is 0 Å². The molecule has 0 radical (unpaired) electrons. The van der Waals surface area contributed by atoms with Gasteiger partial charge in [-0.2, -0.15) is 4.57 Å². The second-order valence-electron chi connectivity index (χ2n) is 5.99. The number of aromatic nitrogens is 3. The molecule has 6 heteroatoms. The quantitative estimate of drug-likeness (QED) is 0.669. The molecule has 0 aliphatic carbocycles. The Hall–Kier alpha value is -1.91. The van der Waals surface area contributed by atoms with Crippen molar-refractivity contribution < 1.29 is 17.0 Å². The number of pyridine rings is 1. The van der Waals surface area contributed by atoms with Crippen molar-refractivity contribution in [2.45, 2.75) is 39.2 Å². The second-order valence-corrected chi connectivity index (χ2v) is 6.43. The van der Waals surface area contributed by atoms with Crippen LogP contribution in [0.5, 0.6) is 0 Å². The summed E-state index contributed by atoms with van der Waals surface area (Å²) in [6.07, 6.45) is 6.35. The first-order chi connectivity index (χ1) is 11.6. The summed E-state index contributed by atoms with van der Waals surface area (Å²) in [4.78, 5) is 19.5. The highest BCUT2D eigenvalue weighted by atomic mass is 35.5. The first kappa shape index (κ1) is 19.4. The van der Waals surface area contributed by atoms with Crippen molar-refractivity contribution in [3.8, 4) is 0 Å². The van der Waals surface area contributed by atoms with Crippen LogP contribution in [-0.2, 0) is 6.54 Å². The van der Waals surface area contributed by atoms with E-state index in [1.54, 1.807) is 18.2 Å². The van der Waals surface area contributed by atoms with E-state index in [1.807, 2.05) is 17.0 Å². The Bertz CT molecular complexity index is 903. The highest BCUT2D eigenvalue weighted by Crippen LogP contribution is 2.21. The summed E-state index contributed by atoms with van der Waals surface area (Å²) in [6, 6.07) is 9.41. The van der Waals surface area contributed by atoms with Crippen molar-refractivity contribution in [2.24, 2.45) is 0 Å². The van der Waals surface area contributed by atoms with Crippen LogP contribution >= 0.6 is 11.6 Å². The minimum absolute atomic E-state index is 0. The van der Waals surface area contributed by atoms with Crippen LogP contribution in [0.2, 0.25) is 5.02 Å². The SMILES string of the molecule is CCC(CC)c1cc[n+](Cc2nc3cc(Cl)ccc3c(=O)[nH]2)cc1.[Cl-]. The largest absolute Gasteiger partial charge is 1.00 e. The average molecular weight is 378 g/mol. The Morgan fingerprint density at radius 2 is 1.84 bits per heavy atom. The number of aromatic amines is 1. The van der Waals surface area contributed by atoms with E-state index in [9.17, 15) is 4.79 Å². The summed E-state index contributed by atoms with van der Waals surface area (Å²) in [6.45, 7) is 4.94. The zero-order chi connectivity index (χ0) is 17.1. The molecule has 2 aromatic heterocycles. The molecule has 132 valence electrons.